The van der Waals surface area contributed by atoms with Gasteiger partial charge in [0, 0.05) is 18.6 Å². The number of hydrazine groups is 1. The molecule has 0 amide bonds. The second kappa shape index (κ2) is 7.65. The van der Waals surface area contributed by atoms with Gasteiger partial charge in [-0.3, -0.25) is 10.2 Å². The Balaban J connectivity index is 3.90. The van der Waals surface area contributed by atoms with Crippen LogP contribution in [0.15, 0.2) is 0 Å². The Morgan fingerprint density at radius 1 is 1.33 bits per heavy atom. The molecule has 0 aliphatic rings. The molecule has 1 N–H and O–H groups in total. The van der Waals surface area contributed by atoms with Crippen molar-refractivity contribution in [2.75, 3.05) is 13.2 Å². The highest BCUT2D eigenvalue weighted by molar-refractivity contribution is 5.69. The molecule has 0 aliphatic carbocycles. The standard InChI is InChI=1S/C11H24N2O2/c1-6-15-11(14)7-8-13(10(4)5)12-9(2)3/h9-10,12H,6-8H2,1-5H3. The van der Waals surface area contributed by atoms with Gasteiger partial charge in [-0.2, -0.15) is 0 Å². The van der Waals surface area contributed by atoms with Gasteiger partial charge in [0.1, 0.15) is 0 Å². The zero-order valence-corrected chi connectivity index (χ0v) is 10.5. The largest absolute Gasteiger partial charge is 0.466 e. The van der Waals surface area contributed by atoms with Gasteiger partial charge < -0.3 is 4.74 Å². The number of rotatable bonds is 7. The third kappa shape index (κ3) is 7.33. The van der Waals surface area contributed by atoms with Crippen molar-refractivity contribution >= 4 is 5.97 Å². The summed E-state index contributed by atoms with van der Waals surface area (Å²) in [5.41, 5.74) is 3.30. The molecule has 0 aromatic rings. The van der Waals surface area contributed by atoms with Gasteiger partial charge in [0.05, 0.1) is 13.0 Å². The van der Waals surface area contributed by atoms with Crippen LogP contribution in [0.4, 0.5) is 0 Å². The molecular weight excluding hydrogens is 192 g/mol. The molecule has 15 heavy (non-hydrogen) atoms. The second-order valence-electron chi connectivity index (χ2n) is 4.13. The molecule has 4 heteroatoms. The maximum Gasteiger partial charge on any atom is 0.307 e. The van der Waals surface area contributed by atoms with Crippen molar-refractivity contribution in [3.05, 3.63) is 0 Å². The quantitative estimate of drug-likeness (QED) is 0.518. The molecule has 0 fully saturated rings. The Hall–Kier alpha value is -0.610. The van der Waals surface area contributed by atoms with Crippen LogP contribution < -0.4 is 5.43 Å². The Bertz CT molecular complexity index is 181. The fourth-order valence-electron chi connectivity index (χ4n) is 1.25. The van der Waals surface area contributed by atoms with Gasteiger partial charge in [-0.25, -0.2) is 5.01 Å². The predicted molar refractivity (Wildman–Crippen MR) is 61.4 cm³/mol. The zero-order valence-electron chi connectivity index (χ0n) is 10.5. The third-order valence-corrected chi connectivity index (χ3v) is 1.91. The molecule has 0 spiro atoms. The molecule has 0 bridgehead atoms. The lowest BCUT2D eigenvalue weighted by atomic mass is 10.3. The topological polar surface area (TPSA) is 41.6 Å². The number of nitrogens with one attached hydrogen (secondary N) is 1. The molecule has 0 rings (SSSR count). The Labute approximate surface area is 92.9 Å². The number of nitrogens with zero attached hydrogens (tertiary/aromatic N) is 1. The summed E-state index contributed by atoms with van der Waals surface area (Å²) in [6, 6.07) is 0.761. The van der Waals surface area contributed by atoms with Crippen molar-refractivity contribution < 1.29 is 9.53 Å². The van der Waals surface area contributed by atoms with Crippen LogP contribution in [0.2, 0.25) is 0 Å². The highest BCUT2D eigenvalue weighted by Crippen LogP contribution is 1.98. The van der Waals surface area contributed by atoms with E-state index in [9.17, 15) is 4.79 Å². The summed E-state index contributed by atoms with van der Waals surface area (Å²) in [5, 5.41) is 2.07. The van der Waals surface area contributed by atoms with E-state index in [4.69, 9.17) is 4.74 Å². The van der Waals surface area contributed by atoms with Gasteiger partial charge in [0.15, 0.2) is 0 Å². The number of hydrogen-bond donors (Lipinski definition) is 1. The van der Waals surface area contributed by atoms with Crippen molar-refractivity contribution in [2.24, 2.45) is 0 Å². The molecule has 0 radical (unpaired) electrons. The monoisotopic (exact) mass is 216 g/mol. The molecule has 90 valence electrons. The van der Waals surface area contributed by atoms with Gasteiger partial charge in [-0.05, 0) is 34.6 Å². The maximum atomic E-state index is 11.2. The summed E-state index contributed by atoms with van der Waals surface area (Å²) < 4.78 is 4.88. The number of hydrogen-bond acceptors (Lipinski definition) is 4. The molecule has 0 saturated carbocycles. The summed E-state index contributed by atoms with van der Waals surface area (Å²) in [6.07, 6.45) is 0.436. The van der Waals surface area contributed by atoms with Crippen LogP contribution in [0.25, 0.3) is 0 Å². The van der Waals surface area contributed by atoms with Crippen LogP contribution in [0.1, 0.15) is 41.0 Å². The fraction of sp³-hybridized carbons (Fsp3) is 0.909. The van der Waals surface area contributed by atoms with Crippen molar-refractivity contribution in [1.29, 1.82) is 0 Å². The molecule has 4 nitrogen and oxygen atoms in total. The van der Waals surface area contributed by atoms with Gasteiger partial charge in [0.2, 0.25) is 0 Å². The molecule has 0 aliphatic heterocycles. The van der Waals surface area contributed by atoms with E-state index >= 15 is 0 Å². The average molecular weight is 216 g/mol. The highest BCUT2D eigenvalue weighted by atomic mass is 16.5. The lowest BCUT2D eigenvalue weighted by Gasteiger charge is -2.28. The second-order valence-corrected chi connectivity index (χ2v) is 4.13. The van der Waals surface area contributed by atoms with E-state index in [-0.39, 0.29) is 5.97 Å². The lowest BCUT2D eigenvalue weighted by molar-refractivity contribution is -0.143. The number of ether oxygens (including phenoxy) is 1. The van der Waals surface area contributed by atoms with Gasteiger partial charge in [-0.1, -0.05) is 0 Å². The minimum atomic E-state index is -0.131. The van der Waals surface area contributed by atoms with Crippen molar-refractivity contribution in [3.8, 4) is 0 Å². The Morgan fingerprint density at radius 3 is 2.33 bits per heavy atom. The smallest absolute Gasteiger partial charge is 0.307 e. The molecular formula is C11H24N2O2. The maximum absolute atomic E-state index is 11.2. The predicted octanol–water partition coefficient (Wildman–Crippen LogP) is 1.56. The first-order valence-corrected chi connectivity index (χ1v) is 5.65. The van der Waals surface area contributed by atoms with Gasteiger partial charge >= 0.3 is 5.97 Å². The molecule has 0 heterocycles. The minimum Gasteiger partial charge on any atom is -0.466 e. The van der Waals surface area contributed by atoms with Crippen LogP contribution >= 0.6 is 0 Å². The van der Waals surface area contributed by atoms with E-state index in [0.717, 1.165) is 0 Å². The first-order valence-electron chi connectivity index (χ1n) is 5.65. The SMILES string of the molecule is CCOC(=O)CCN(NC(C)C)C(C)C. The van der Waals surface area contributed by atoms with Crippen LogP contribution in [0.5, 0.6) is 0 Å². The van der Waals surface area contributed by atoms with Crippen LogP contribution in [0, 0.1) is 0 Å². The fourth-order valence-corrected chi connectivity index (χ4v) is 1.25. The van der Waals surface area contributed by atoms with Crippen molar-refractivity contribution in [3.63, 3.8) is 0 Å². The third-order valence-electron chi connectivity index (χ3n) is 1.91. The molecule has 0 atom stereocenters. The highest BCUT2D eigenvalue weighted by Gasteiger charge is 2.12. The van der Waals surface area contributed by atoms with E-state index < -0.39 is 0 Å². The Morgan fingerprint density at radius 2 is 1.93 bits per heavy atom. The van der Waals surface area contributed by atoms with Gasteiger partial charge in [-0.15, -0.1) is 0 Å². The molecule has 0 unspecified atom stereocenters. The first kappa shape index (κ1) is 14.4. The van der Waals surface area contributed by atoms with Crippen LogP contribution in [-0.2, 0) is 9.53 Å². The average Bonchev–Trinajstić information content (AvgIpc) is 2.11. The normalized spacial score (nSPS) is 11.5. The van der Waals surface area contributed by atoms with E-state index in [1.165, 1.54) is 0 Å². The van der Waals surface area contributed by atoms with E-state index in [0.29, 0.717) is 31.7 Å². The lowest BCUT2D eigenvalue weighted by Crippen LogP contribution is -2.47. The summed E-state index contributed by atoms with van der Waals surface area (Å²) >= 11 is 0. The van der Waals surface area contributed by atoms with Gasteiger partial charge in [0.25, 0.3) is 0 Å². The van der Waals surface area contributed by atoms with Crippen molar-refractivity contribution in [2.45, 2.75) is 53.1 Å². The van der Waals surface area contributed by atoms with E-state index in [2.05, 4.69) is 38.1 Å². The zero-order chi connectivity index (χ0) is 11.8. The molecule has 0 aromatic carbocycles. The summed E-state index contributed by atoms with van der Waals surface area (Å²) in [5.74, 6) is -0.131. The summed E-state index contributed by atoms with van der Waals surface area (Å²) in [7, 11) is 0. The summed E-state index contributed by atoms with van der Waals surface area (Å²) in [4.78, 5) is 11.2. The molecule has 0 saturated heterocycles. The van der Waals surface area contributed by atoms with Crippen LogP contribution in [-0.4, -0.2) is 36.2 Å². The molecule has 0 aromatic heterocycles. The van der Waals surface area contributed by atoms with Crippen molar-refractivity contribution in [1.82, 2.24) is 10.4 Å². The van der Waals surface area contributed by atoms with Crippen LogP contribution in [0.3, 0.4) is 0 Å². The minimum absolute atomic E-state index is 0.131. The first-order chi connectivity index (χ1) is 6.97. The number of carbonyl (C=O) groups is 1. The number of esters is 1. The number of carbonyl (C=O) groups excluding carboxylic acids is 1. The Kier molecular flexibility index (Phi) is 7.34. The van der Waals surface area contributed by atoms with E-state index in [1.54, 1.807) is 0 Å². The van der Waals surface area contributed by atoms with E-state index in [1.807, 2.05) is 6.92 Å². The summed E-state index contributed by atoms with van der Waals surface area (Å²) in [6.45, 7) is 11.3.